The predicted molar refractivity (Wildman–Crippen MR) is 67.3 cm³/mol. The lowest BCUT2D eigenvalue weighted by Gasteiger charge is -2.10. The summed E-state index contributed by atoms with van der Waals surface area (Å²) in [5.41, 5.74) is -0.636. The van der Waals surface area contributed by atoms with Gasteiger partial charge in [-0.05, 0) is 46.6 Å². The van der Waals surface area contributed by atoms with Gasteiger partial charge in [0.05, 0.1) is 21.9 Å². The smallest absolute Gasteiger partial charge is 0.266 e. The summed E-state index contributed by atoms with van der Waals surface area (Å²) in [4.78, 5) is 11.9. The van der Waals surface area contributed by atoms with E-state index in [1.165, 1.54) is 18.3 Å². The molecule has 2 aromatic rings. The van der Waals surface area contributed by atoms with Gasteiger partial charge >= 0.3 is 6.18 Å². The molecule has 0 atom stereocenters. The van der Waals surface area contributed by atoms with Crippen LogP contribution in [0.15, 0.2) is 39.7 Å². The van der Waals surface area contributed by atoms with Gasteiger partial charge in [-0.3, -0.25) is 4.79 Å². The van der Waals surface area contributed by atoms with Crippen molar-refractivity contribution in [3.05, 3.63) is 56.4 Å². The van der Waals surface area contributed by atoms with Crippen LogP contribution in [0.25, 0.3) is 5.69 Å². The maximum Gasteiger partial charge on any atom is 0.416 e. The number of benzene rings is 1. The number of hydrogen-bond acceptors (Lipinski definition) is 2. The van der Waals surface area contributed by atoms with Crippen LogP contribution >= 0.6 is 15.9 Å². The summed E-state index contributed by atoms with van der Waals surface area (Å²) >= 11 is 3.09. The van der Waals surface area contributed by atoms with Gasteiger partial charge in [0.2, 0.25) is 0 Å². The van der Waals surface area contributed by atoms with Gasteiger partial charge in [0, 0.05) is 0 Å². The summed E-state index contributed by atoms with van der Waals surface area (Å²) in [6.07, 6.45) is -3.05. The summed E-state index contributed by atoms with van der Waals surface area (Å²) in [7, 11) is 0. The number of rotatable bonds is 1. The zero-order valence-corrected chi connectivity index (χ0v) is 11.3. The molecule has 0 aliphatic carbocycles. The van der Waals surface area contributed by atoms with Crippen molar-refractivity contribution in [3.63, 3.8) is 0 Å². The molecule has 1 heterocycles. The van der Waals surface area contributed by atoms with Crippen LogP contribution in [0.1, 0.15) is 11.1 Å². The van der Waals surface area contributed by atoms with Gasteiger partial charge in [-0.25, -0.2) is 0 Å². The van der Waals surface area contributed by atoms with Crippen LogP contribution in [-0.4, -0.2) is 9.78 Å². The SMILES string of the molecule is Cc1cnn(-c2cccc(C(F)(F)F)c2)c(=O)c1Br. The largest absolute Gasteiger partial charge is 0.416 e. The van der Waals surface area contributed by atoms with Crippen LogP contribution < -0.4 is 5.56 Å². The zero-order chi connectivity index (χ0) is 14.2. The van der Waals surface area contributed by atoms with Crippen molar-refractivity contribution in [2.45, 2.75) is 13.1 Å². The lowest BCUT2D eigenvalue weighted by Crippen LogP contribution is -2.22. The maximum atomic E-state index is 12.6. The standard InChI is InChI=1S/C12H8BrF3N2O/c1-7-6-17-18(11(19)10(7)13)9-4-2-3-8(5-9)12(14,15)16/h2-6H,1H3. The van der Waals surface area contributed by atoms with E-state index in [0.29, 0.717) is 5.56 Å². The van der Waals surface area contributed by atoms with E-state index in [1.54, 1.807) is 6.92 Å². The second kappa shape index (κ2) is 4.80. The zero-order valence-electron chi connectivity index (χ0n) is 9.70. The second-order valence-electron chi connectivity index (χ2n) is 3.91. The number of aromatic nitrogens is 2. The molecule has 0 saturated carbocycles. The van der Waals surface area contributed by atoms with Gasteiger partial charge < -0.3 is 0 Å². The van der Waals surface area contributed by atoms with Crippen molar-refractivity contribution in [1.82, 2.24) is 9.78 Å². The number of halogens is 4. The molecule has 1 aromatic carbocycles. The molecule has 2 rings (SSSR count). The normalized spacial score (nSPS) is 11.6. The number of nitrogens with zero attached hydrogens (tertiary/aromatic N) is 2. The Morgan fingerprint density at radius 3 is 2.63 bits per heavy atom. The third-order valence-electron chi connectivity index (χ3n) is 2.51. The van der Waals surface area contributed by atoms with Crippen molar-refractivity contribution >= 4 is 15.9 Å². The molecular weight excluding hydrogens is 325 g/mol. The van der Waals surface area contributed by atoms with Crippen LogP contribution in [0.2, 0.25) is 0 Å². The molecule has 19 heavy (non-hydrogen) atoms. The van der Waals surface area contributed by atoms with E-state index in [9.17, 15) is 18.0 Å². The van der Waals surface area contributed by atoms with Crippen LogP contribution in [0.4, 0.5) is 13.2 Å². The summed E-state index contributed by atoms with van der Waals surface area (Å²) < 4.78 is 39.0. The number of alkyl halides is 3. The van der Waals surface area contributed by atoms with Gasteiger partial charge in [-0.2, -0.15) is 23.0 Å². The fraction of sp³-hybridized carbons (Fsp3) is 0.167. The summed E-state index contributed by atoms with van der Waals surface area (Å²) in [5, 5.41) is 3.84. The molecule has 0 spiro atoms. The van der Waals surface area contributed by atoms with Gasteiger partial charge in [-0.15, -0.1) is 0 Å². The van der Waals surface area contributed by atoms with E-state index in [2.05, 4.69) is 21.0 Å². The minimum atomic E-state index is -4.46. The molecule has 100 valence electrons. The van der Waals surface area contributed by atoms with Gasteiger partial charge in [0.15, 0.2) is 0 Å². The summed E-state index contributed by atoms with van der Waals surface area (Å²) in [6, 6.07) is 4.46. The Hall–Kier alpha value is -1.63. The molecule has 1 aromatic heterocycles. The van der Waals surface area contributed by atoms with Crippen LogP contribution in [0, 0.1) is 6.92 Å². The molecule has 7 heteroatoms. The molecule has 3 nitrogen and oxygen atoms in total. The van der Waals surface area contributed by atoms with Crippen molar-refractivity contribution in [1.29, 1.82) is 0 Å². The van der Waals surface area contributed by atoms with Crippen LogP contribution in [0.3, 0.4) is 0 Å². The second-order valence-corrected chi connectivity index (χ2v) is 4.70. The Kier molecular flexibility index (Phi) is 3.49. The first-order chi connectivity index (χ1) is 8.80. The summed E-state index contributed by atoms with van der Waals surface area (Å²) in [6.45, 7) is 1.68. The molecule has 0 bridgehead atoms. The molecule has 0 unspecified atom stereocenters. The third-order valence-corrected chi connectivity index (χ3v) is 3.48. The lowest BCUT2D eigenvalue weighted by atomic mass is 10.2. The van der Waals surface area contributed by atoms with Crippen LogP contribution in [-0.2, 0) is 6.18 Å². The Labute approximate surface area is 114 Å². The third kappa shape index (κ3) is 2.70. The molecular formula is C12H8BrF3N2O. The van der Waals surface area contributed by atoms with E-state index in [0.717, 1.165) is 16.8 Å². The first kappa shape index (κ1) is 13.8. The fourth-order valence-electron chi connectivity index (χ4n) is 1.51. The molecule has 0 amide bonds. The van der Waals surface area contributed by atoms with Crippen molar-refractivity contribution in [2.75, 3.05) is 0 Å². The first-order valence-corrected chi connectivity index (χ1v) is 6.02. The van der Waals surface area contributed by atoms with E-state index in [1.807, 2.05) is 0 Å². The molecule has 0 aliphatic rings. The molecule has 0 aliphatic heterocycles. The average molecular weight is 333 g/mol. The Balaban J connectivity index is 2.61. The van der Waals surface area contributed by atoms with E-state index in [4.69, 9.17) is 0 Å². The molecule has 0 fully saturated rings. The highest BCUT2D eigenvalue weighted by atomic mass is 79.9. The predicted octanol–water partition coefficient (Wildman–Crippen LogP) is 3.32. The number of hydrogen-bond donors (Lipinski definition) is 0. The Morgan fingerprint density at radius 2 is 2.00 bits per heavy atom. The van der Waals surface area contributed by atoms with Crippen molar-refractivity contribution < 1.29 is 13.2 Å². The Morgan fingerprint density at radius 1 is 1.32 bits per heavy atom. The van der Waals surface area contributed by atoms with E-state index >= 15 is 0 Å². The monoisotopic (exact) mass is 332 g/mol. The average Bonchev–Trinajstić information content (AvgIpc) is 2.35. The topological polar surface area (TPSA) is 34.9 Å². The Bertz CT molecular complexity index is 679. The van der Waals surface area contributed by atoms with Gasteiger partial charge in [0.1, 0.15) is 0 Å². The lowest BCUT2D eigenvalue weighted by molar-refractivity contribution is -0.137. The quantitative estimate of drug-likeness (QED) is 0.802. The highest BCUT2D eigenvalue weighted by molar-refractivity contribution is 9.10. The first-order valence-electron chi connectivity index (χ1n) is 5.23. The fourth-order valence-corrected chi connectivity index (χ4v) is 1.78. The maximum absolute atomic E-state index is 12.6. The van der Waals surface area contributed by atoms with Crippen molar-refractivity contribution in [2.24, 2.45) is 0 Å². The van der Waals surface area contributed by atoms with Gasteiger partial charge in [-0.1, -0.05) is 6.07 Å². The molecule has 0 saturated heterocycles. The van der Waals surface area contributed by atoms with Crippen molar-refractivity contribution in [3.8, 4) is 5.69 Å². The highest BCUT2D eigenvalue weighted by Crippen LogP contribution is 2.30. The molecule has 0 radical (unpaired) electrons. The minimum absolute atomic E-state index is 0.0699. The van der Waals surface area contributed by atoms with Gasteiger partial charge in [0.25, 0.3) is 5.56 Å². The minimum Gasteiger partial charge on any atom is -0.266 e. The van der Waals surface area contributed by atoms with E-state index < -0.39 is 17.3 Å². The van der Waals surface area contributed by atoms with Crippen LogP contribution in [0.5, 0.6) is 0 Å². The molecule has 0 N–H and O–H groups in total. The number of aryl methyl sites for hydroxylation is 1. The van der Waals surface area contributed by atoms with E-state index in [-0.39, 0.29) is 10.2 Å². The highest BCUT2D eigenvalue weighted by Gasteiger charge is 2.30. The summed E-state index contributed by atoms with van der Waals surface area (Å²) in [5.74, 6) is 0.